The van der Waals surface area contributed by atoms with E-state index in [-0.39, 0.29) is 5.56 Å². The Labute approximate surface area is 122 Å². The Morgan fingerprint density at radius 2 is 1.89 bits per heavy atom. The summed E-state index contributed by atoms with van der Waals surface area (Å²) < 4.78 is 2.76. The molecule has 3 rings (SSSR count). The molecule has 0 fully saturated rings. The minimum Gasteiger partial charge on any atom is -0.478 e. The fourth-order valence-corrected chi connectivity index (χ4v) is 2.25. The molecule has 1 N–H and O–H groups in total. The van der Waals surface area contributed by atoms with Crippen LogP contribution in [0.5, 0.6) is 0 Å². The number of carboxylic acids is 1. The number of carboxylic acid groups (broad SMARTS) is 1. The molecule has 0 atom stereocenters. The third-order valence-corrected chi connectivity index (χ3v) is 3.50. The minimum atomic E-state index is -1.000. The summed E-state index contributed by atoms with van der Waals surface area (Å²) in [4.78, 5) is 11.1. The van der Waals surface area contributed by atoms with Crippen LogP contribution in [0.4, 0.5) is 0 Å². The molecule has 0 bridgehead atoms. The summed E-state index contributed by atoms with van der Waals surface area (Å²) in [6.07, 6.45) is 0. The molecule has 1 aromatic heterocycles. The normalized spacial score (nSPS) is 10.8. The maximum Gasteiger partial charge on any atom is 0.338 e. The van der Waals surface area contributed by atoms with E-state index in [0.29, 0.717) is 11.0 Å². The van der Waals surface area contributed by atoms with Gasteiger partial charge in [-0.2, -0.15) is 0 Å². The van der Waals surface area contributed by atoms with Crippen molar-refractivity contribution in [1.29, 1.82) is 0 Å². The van der Waals surface area contributed by atoms with Crippen LogP contribution in [0.15, 0.2) is 42.5 Å². The third-order valence-electron chi connectivity index (χ3n) is 2.78. The number of fused-ring (bicyclic) bond motifs is 1. The molecule has 0 aliphatic carbocycles. The van der Waals surface area contributed by atoms with E-state index in [1.54, 1.807) is 16.8 Å². The number of carbonyl (C=O) groups is 1. The molecule has 3 aromatic rings. The van der Waals surface area contributed by atoms with Gasteiger partial charge in [0.1, 0.15) is 5.52 Å². The number of hydrogen-bond donors (Lipinski definition) is 1. The maximum absolute atomic E-state index is 11.1. The van der Waals surface area contributed by atoms with Crippen LogP contribution in [0.1, 0.15) is 10.4 Å². The minimum absolute atomic E-state index is 0.161. The van der Waals surface area contributed by atoms with Crippen molar-refractivity contribution >= 4 is 39.6 Å². The molecule has 0 unspecified atom stereocenters. The fourth-order valence-electron chi connectivity index (χ4n) is 1.89. The van der Waals surface area contributed by atoms with Crippen LogP contribution in [-0.4, -0.2) is 26.1 Å². The highest BCUT2D eigenvalue weighted by Gasteiger charge is 2.14. The molecule has 19 heavy (non-hydrogen) atoms. The molecular weight excluding hydrogens is 357 g/mol. The zero-order valence-corrected chi connectivity index (χ0v) is 11.8. The van der Waals surface area contributed by atoms with Gasteiger partial charge in [0.05, 0.1) is 16.8 Å². The van der Waals surface area contributed by atoms with Crippen LogP contribution >= 0.6 is 22.6 Å². The Hall–Kier alpha value is -1.96. The number of benzene rings is 2. The van der Waals surface area contributed by atoms with E-state index >= 15 is 0 Å². The van der Waals surface area contributed by atoms with Crippen molar-refractivity contribution in [2.24, 2.45) is 0 Å². The average Bonchev–Trinajstić information content (AvgIpc) is 2.83. The highest BCUT2D eigenvalue weighted by atomic mass is 127. The van der Waals surface area contributed by atoms with Gasteiger partial charge < -0.3 is 5.11 Å². The van der Waals surface area contributed by atoms with E-state index in [1.165, 1.54) is 6.07 Å². The third kappa shape index (κ3) is 2.07. The Bertz CT molecular complexity index is 765. The van der Waals surface area contributed by atoms with Gasteiger partial charge in [0, 0.05) is 3.57 Å². The van der Waals surface area contributed by atoms with Gasteiger partial charge in [-0.15, -0.1) is 5.10 Å². The molecule has 0 aliphatic heterocycles. The summed E-state index contributed by atoms with van der Waals surface area (Å²) >= 11 is 2.22. The Morgan fingerprint density at radius 1 is 1.16 bits per heavy atom. The molecule has 0 amide bonds. The second-order valence-electron chi connectivity index (χ2n) is 3.96. The summed E-state index contributed by atoms with van der Waals surface area (Å²) in [6, 6.07) is 12.8. The molecule has 2 aromatic carbocycles. The lowest BCUT2D eigenvalue weighted by molar-refractivity contribution is 0.0699. The second kappa shape index (κ2) is 4.61. The molecule has 94 valence electrons. The first kappa shape index (κ1) is 12.1. The average molecular weight is 365 g/mol. The number of aromatic nitrogens is 3. The zero-order valence-electron chi connectivity index (χ0n) is 9.62. The van der Waals surface area contributed by atoms with Gasteiger partial charge in [-0.25, -0.2) is 9.48 Å². The lowest BCUT2D eigenvalue weighted by atomic mass is 10.2. The van der Waals surface area contributed by atoms with Crippen molar-refractivity contribution in [3.8, 4) is 5.69 Å². The first-order chi connectivity index (χ1) is 9.16. The quantitative estimate of drug-likeness (QED) is 0.710. The van der Waals surface area contributed by atoms with Crippen LogP contribution in [0, 0.1) is 3.57 Å². The van der Waals surface area contributed by atoms with Crippen molar-refractivity contribution in [2.75, 3.05) is 0 Å². The van der Waals surface area contributed by atoms with E-state index < -0.39 is 5.97 Å². The van der Waals surface area contributed by atoms with E-state index in [1.807, 2.05) is 24.3 Å². The van der Waals surface area contributed by atoms with E-state index in [2.05, 4.69) is 32.9 Å². The van der Waals surface area contributed by atoms with E-state index in [4.69, 9.17) is 5.11 Å². The molecule has 0 spiro atoms. The van der Waals surface area contributed by atoms with Crippen molar-refractivity contribution in [2.45, 2.75) is 0 Å². The van der Waals surface area contributed by atoms with Crippen molar-refractivity contribution < 1.29 is 9.90 Å². The molecule has 5 nitrogen and oxygen atoms in total. The van der Waals surface area contributed by atoms with Gasteiger partial charge in [-0.05, 0) is 59.0 Å². The first-order valence-electron chi connectivity index (χ1n) is 5.50. The molecule has 0 saturated carbocycles. The predicted molar refractivity (Wildman–Crippen MR) is 78.5 cm³/mol. The van der Waals surface area contributed by atoms with Gasteiger partial charge in [0.15, 0.2) is 0 Å². The van der Waals surface area contributed by atoms with Gasteiger partial charge in [0.2, 0.25) is 0 Å². The van der Waals surface area contributed by atoms with Crippen LogP contribution < -0.4 is 0 Å². The van der Waals surface area contributed by atoms with Crippen molar-refractivity contribution in [1.82, 2.24) is 15.0 Å². The van der Waals surface area contributed by atoms with Gasteiger partial charge >= 0.3 is 5.97 Å². The topological polar surface area (TPSA) is 68.0 Å². The lowest BCUT2D eigenvalue weighted by Crippen LogP contribution is -1.98. The summed E-state index contributed by atoms with van der Waals surface area (Å²) in [7, 11) is 0. The summed E-state index contributed by atoms with van der Waals surface area (Å²) in [5, 5.41) is 17.1. The molecule has 0 aliphatic rings. The Morgan fingerprint density at radius 3 is 2.58 bits per heavy atom. The highest BCUT2D eigenvalue weighted by molar-refractivity contribution is 14.1. The summed E-state index contributed by atoms with van der Waals surface area (Å²) in [6.45, 7) is 0. The molecule has 1 heterocycles. The zero-order chi connectivity index (χ0) is 13.4. The standard InChI is InChI=1S/C13H8IN3O2/c14-8-4-6-9(7-5-8)17-11-3-1-2-10(13(18)19)12(11)15-16-17/h1-7H,(H,18,19). The number of nitrogens with zero attached hydrogens (tertiary/aromatic N) is 3. The second-order valence-corrected chi connectivity index (χ2v) is 5.20. The predicted octanol–water partition coefficient (Wildman–Crippen LogP) is 2.72. The monoisotopic (exact) mass is 365 g/mol. The van der Waals surface area contributed by atoms with Crippen LogP contribution in [0.2, 0.25) is 0 Å². The SMILES string of the molecule is O=C(O)c1cccc2c1nnn2-c1ccc(I)cc1. The highest BCUT2D eigenvalue weighted by Crippen LogP contribution is 2.20. The Kier molecular flexibility index (Phi) is 2.94. The molecule has 6 heteroatoms. The number of hydrogen-bond acceptors (Lipinski definition) is 3. The van der Waals surface area contributed by atoms with Crippen LogP contribution in [0.25, 0.3) is 16.7 Å². The largest absolute Gasteiger partial charge is 0.478 e. The van der Waals surface area contributed by atoms with E-state index in [9.17, 15) is 4.79 Å². The molecule has 0 radical (unpaired) electrons. The number of halogens is 1. The van der Waals surface area contributed by atoms with Crippen LogP contribution in [0.3, 0.4) is 0 Å². The lowest BCUT2D eigenvalue weighted by Gasteiger charge is -2.02. The van der Waals surface area contributed by atoms with E-state index in [0.717, 1.165) is 9.26 Å². The molecule has 0 saturated heterocycles. The van der Waals surface area contributed by atoms with Crippen molar-refractivity contribution in [3.05, 3.63) is 51.6 Å². The maximum atomic E-state index is 11.1. The van der Waals surface area contributed by atoms with Gasteiger partial charge in [-0.3, -0.25) is 0 Å². The summed E-state index contributed by atoms with van der Waals surface area (Å²) in [5.74, 6) is -1.000. The fraction of sp³-hybridized carbons (Fsp3) is 0. The molecular formula is C13H8IN3O2. The Balaban J connectivity index is 2.24. The van der Waals surface area contributed by atoms with Crippen LogP contribution in [-0.2, 0) is 0 Å². The summed E-state index contributed by atoms with van der Waals surface area (Å²) in [5.41, 5.74) is 2.09. The van der Waals surface area contributed by atoms with Crippen molar-refractivity contribution in [3.63, 3.8) is 0 Å². The smallest absolute Gasteiger partial charge is 0.338 e. The first-order valence-corrected chi connectivity index (χ1v) is 6.58. The van der Waals surface area contributed by atoms with Gasteiger partial charge in [0.25, 0.3) is 0 Å². The number of aromatic carboxylic acids is 1. The number of rotatable bonds is 2. The van der Waals surface area contributed by atoms with Gasteiger partial charge in [-0.1, -0.05) is 11.3 Å².